The first kappa shape index (κ1) is 16.3. The molecule has 2 aromatic rings. The van der Waals surface area contributed by atoms with Gasteiger partial charge in [0.2, 0.25) is 0 Å². The molecular formula is C17H19Cl2NO. The van der Waals surface area contributed by atoms with Gasteiger partial charge in [-0.25, -0.2) is 0 Å². The van der Waals surface area contributed by atoms with Crippen LogP contribution in [0, 0.1) is 13.8 Å². The molecule has 0 saturated carbocycles. The zero-order valence-corrected chi connectivity index (χ0v) is 13.6. The molecule has 0 aliphatic carbocycles. The molecule has 0 spiro atoms. The minimum atomic E-state index is -0.789. The minimum absolute atomic E-state index is 0.222. The van der Waals surface area contributed by atoms with Crippen molar-refractivity contribution in [3.63, 3.8) is 0 Å². The van der Waals surface area contributed by atoms with E-state index in [-0.39, 0.29) is 5.92 Å². The van der Waals surface area contributed by atoms with E-state index in [2.05, 4.69) is 13.0 Å². The first-order chi connectivity index (χ1) is 9.95. The summed E-state index contributed by atoms with van der Waals surface area (Å²) in [6, 6.07) is 11.4. The van der Waals surface area contributed by atoms with E-state index in [9.17, 15) is 5.11 Å². The van der Waals surface area contributed by atoms with E-state index >= 15 is 0 Å². The van der Waals surface area contributed by atoms with Crippen LogP contribution in [0.2, 0.25) is 10.0 Å². The Labute approximate surface area is 135 Å². The van der Waals surface area contributed by atoms with E-state index in [1.54, 1.807) is 18.2 Å². The number of hydrogen-bond acceptors (Lipinski definition) is 2. The standard InChI is InChI=1S/C17H19Cl2NO/c1-10-6-7-12(8-11(10)2)14(9-20)17(21)13-4-3-5-15(18)16(13)19/h3-8,14,17,21H,9,20H2,1-2H3. The quantitative estimate of drug-likeness (QED) is 0.876. The monoisotopic (exact) mass is 323 g/mol. The summed E-state index contributed by atoms with van der Waals surface area (Å²) in [7, 11) is 0. The largest absolute Gasteiger partial charge is 0.388 e. The lowest BCUT2D eigenvalue weighted by Crippen LogP contribution is -2.20. The van der Waals surface area contributed by atoms with Gasteiger partial charge in [-0.15, -0.1) is 0 Å². The predicted molar refractivity (Wildman–Crippen MR) is 89.1 cm³/mol. The Morgan fingerprint density at radius 3 is 2.43 bits per heavy atom. The van der Waals surface area contributed by atoms with Gasteiger partial charge in [-0.1, -0.05) is 53.5 Å². The lowest BCUT2D eigenvalue weighted by Gasteiger charge is -2.24. The van der Waals surface area contributed by atoms with E-state index in [1.807, 2.05) is 19.1 Å². The van der Waals surface area contributed by atoms with E-state index in [4.69, 9.17) is 28.9 Å². The fraction of sp³-hybridized carbons (Fsp3) is 0.294. The topological polar surface area (TPSA) is 46.2 Å². The van der Waals surface area contributed by atoms with Gasteiger partial charge in [0.15, 0.2) is 0 Å². The third-order valence-electron chi connectivity index (χ3n) is 3.89. The van der Waals surface area contributed by atoms with Gasteiger partial charge in [-0.3, -0.25) is 0 Å². The van der Waals surface area contributed by atoms with Gasteiger partial charge in [-0.2, -0.15) is 0 Å². The second-order valence-corrected chi connectivity index (χ2v) is 6.06. The molecule has 112 valence electrons. The number of hydrogen-bond donors (Lipinski definition) is 2. The Morgan fingerprint density at radius 1 is 1.10 bits per heavy atom. The lowest BCUT2D eigenvalue weighted by molar-refractivity contribution is 0.147. The van der Waals surface area contributed by atoms with Gasteiger partial charge in [0.05, 0.1) is 16.1 Å². The normalized spacial score (nSPS) is 14.0. The average Bonchev–Trinajstić information content (AvgIpc) is 2.46. The number of aliphatic hydroxyl groups excluding tert-OH is 1. The molecule has 0 aliphatic heterocycles. The van der Waals surface area contributed by atoms with E-state index in [1.165, 1.54) is 11.1 Å². The molecule has 0 fully saturated rings. The number of aryl methyl sites for hydroxylation is 2. The highest BCUT2D eigenvalue weighted by molar-refractivity contribution is 6.42. The molecule has 0 bridgehead atoms. The summed E-state index contributed by atoms with van der Waals surface area (Å²) in [6.45, 7) is 4.43. The summed E-state index contributed by atoms with van der Waals surface area (Å²) < 4.78 is 0. The van der Waals surface area contributed by atoms with Crippen molar-refractivity contribution in [3.05, 3.63) is 68.7 Å². The summed E-state index contributed by atoms with van der Waals surface area (Å²) in [4.78, 5) is 0. The smallest absolute Gasteiger partial charge is 0.0885 e. The second-order valence-electron chi connectivity index (χ2n) is 5.27. The Kier molecular flexibility index (Phi) is 5.28. The van der Waals surface area contributed by atoms with Crippen molar-refractivity contribution in [2.75, 3.05) is 6.54 Å². The van der Waals surface area contributed by atoms with Crippen LogP contribution in [-0.2, 0) is 0 Å². The molecular weight excluding hydrogens is 305 g/mol. The van der Waals surface area contributed by atoms with Crippen molar-refractivity contribution in [2.24, 2.45) is 5.73 Å². The molecule has 2 aromatic carbocycles. The summed E-state index contributed by atoms with van der Waals surface area (Å²) in [5.41, 5.74) is 9.89. The maximum absolute atomic E-state index is 10.7. The minimum Gasteiger partial charge on any atom is -0.388 e. The molecule has 0 radical (unpaired) electrons. The number of benzene rings is 2. The van der Waals surface area contributed by atoms with Crippen LogP contribution in [0.3, 0.4) is 0 Å². The number of nitrogens with two attached hydrogens (primary N) is 1. The van der Waals surface area contributed by atoms with Crippen molar-refractivity contribution in [3.8, 4) is 0 Å². The molecule has 0 amide bonds. The maximum atomic E-state index is 10.7. The van der Waals surface area contributed by atoms with Crippen LogP contribution >= 0.6 is 23.2 Å². The van der Waals surface area contributed by atoms with Crippen molar-refractivity contribution >= 4 is 23.2 Å². The Bertz CT molecular complexity index is 643. The van der Waals surface area contributed by atoms with Gasteiger partial charge in [0.1, 0.15) is 0 Å². The second kappa shape index (κ2) is 6.80. The summed E-state index contributed by atoms with van der Waals surface area (Å²) in [6.07, 6.45) is -0.789. The van der Waals surface area contributed by atoms with Gasteiger partial charge >= 0.3 is 0 Å². The molecule has 0 aliphatic rings. The number of rotatable bonds is 4. The highest BCUT2D eigenvalue weighted by Gasteiger charge is 2.24. The molecule has 3 N–H and O–H groups in total. The van der Waals surface area contributed by atoms with E-state index < -0.39 is 6.10 Å². The lowest BCUT2D eigenvalue weighted by atomic mass is 9.87. The maximum Gasteiger partial charge on any atom is 0.0885 e. The molecule has 2 unspecified atom stereocenters. The predicted octanol–water partition coefficient (Wildman–Crippen LogP) is 4.39. The van der Waals surface area contributed by atoms with Crippen LogP contribution in [0.25, 0.3) is 0 Å². The zero-order chi connectivity index (χ0) is 15.6. The Hall–Kier alpha value is -1.06. The SMILES string of the molecule is Cc1ccc(C(CN)C(O)c2cccc(Cl)c2Cl)cc1C. The van der Waals surface area contributed by atoms with Gasteiger partial charge in [0, 0.05) is 18.0 Å². The van der Waals surface area contributed by atoms with Crippen LogP contribution in [0.1, 0.15) is 34.3 Å². The van der Waals surface area contributed by atoms with Gasteiger partial charge < -0.3 is 10.8 Å². The molecule has 4 heteroatoms. The molecule has 0 aromatic heterocycles. The van der Waals surface area contributed by atoms with Crippen LogP contribution in [0.5, 0.6) is 0 Å². The number of halogens is 2. The van der Waals surface area contributed by atoms with Gasteiger partial charge in [0.25, 0.3) is 0 Å². The summed E-state index contributed by atoms with van der Waals surface area (Å²) >= 11 is 12.2. The first-order valence-electron chi connectivity index (χ1n) is 6.85. The average molecular weight is 324 g/mol. The molecule has 0 saturated heterocycles. The van der Waals surface area contributed by atoms with Crippen molar-refractivity contribution < 1.29 is 5.11 Å². The third kappa shape index (κ3) is 3.41. The molecule has 2 atom stereocenters. The third-order valence-corrected chi connectivity index (χ3v) is 4.73. The Morgan fingerprint density at radius 2 is 1.81 bits per heavy atom. The number of aliphatic hydroxyl groups is 1. The fourth-order valence-electron chi connectivity index (χ4n) is 2.41. The van der Waals surface area contributed by atoms with Crippen LogP contribution in [-0.4, -0.2) is 11.7 Å². The first-order valence-corrected chi connectivity index (χ1v) is 7.60. The van der Waals surface area contributed by atoms with Crippen LogP contribution in [0.4, 0.5) is 0 Å². The van der Waals surface area contributed by atoms with E-state index in [0.717, 1.165) is 5.56 Å². The molecule has 21 heavy (non-hydrogen) atoms. The van der Waals surface area contributed by atoms with Crippen molar-refractivity contribution in [1.82, 2.24) is 0 Å². The van der Waals surface area contributed by atoms with Crippen molar-refractivity contribution in [2.45, 2.75) is 25.9 Å². The Balaban J connectivity index is 2.40. The summed E-state index contributed by atoms with van der Waals surface area (Å²) in [5, 5.41) is 11.5. The van der Waals surface area contributed by atoms with E-state index in [0.29, 0.717) is 22.2 Å². The van der Waals surface area contributed by atoms with Crippen LogP contribution in [0.15, 0.2) is 36.4 Å². The summed E-state index contributed by atoms with van der Waals surface area (Å²) in [5.74, 6) is -0.222. The van der Waals surface area contributed by atoms with Crippen LogP contribution < -0.4 is 5.73 Å². The highest BCUT2D eigenvalue weighted by Crippen LogP contribution is 2.37. The van der Waals surface area contributed by atoms with Gasteiger partial charge in [-0.05, 0) is 36.6 Å². The highest BCUT2D eigenvalue weighted by atomic mass is 35.5. The molecule has 2 rings (SSSR count). The zero-order valence-electron chi connectivity index (χ0n) is 12.1. The fourth-order valence-corrected chi connectivity index (χ4v) is 2.83. The van der Waals surface area contributed by atoms with Crippen molar-refractivity contribution in [1.29, 1.82) is 0 Å². The molecule has 0 heterocycles. The molecule has 2 nitrogen and oxygen atoms in total.